The van der Waals surface area contributed by atoms with Crippen LogP contribution in [0.3, 0.4) is 0 Å². The van der Waals surface area contributed by atoms with Gasteiger partial charge in [0.2, 0.25) is 5.91 Å². The molecule has 0 radical (unpaired) electrons. The van der Waals surface area contributed by atoms with Gasteiger partial charge in [-0.05, 0) is 19.8 Å². The number of amides is 3. The molecule has 2 aliphatic rings. The molecule has 134 valence electrons. The summed E-state index contributed by atoms with van der Waals surface area (Å²) in [6, 6.07) is -0.248. The van der Waals surface area contributed by atoms with Gasteiger partial charge in [0.25, 0.3) is 0 Å². The molecule has 0 spiro atoms. The summed E-state index contributed by atoms with van der Waals surface area (Å²) in [6.07, 6.45) is 3.42. The Morgan fingerprint density at radius 2 is 1.78 bits per heavy atom. The lowest BCUT2D eigenvalue weighted by Crippen LogP contribution is -2.60. The number of hydrogen-bond donors (Lipinski definition) is 4. The van der Waals surface area contributed by atoms with E-state index in [0.29, 0.717) is 13.1 Å². The Hall–Kier alpha value is -1.05. The van der Waals surface area contributed by atoms with Crippen LogP contribution in [0.4, 0.5) is 4.79 Å². The molecule has 1 aliphatic carbocycles. The predicted molar refractivity (Wildman–Crippen MR) is 93.0 cm³/mol. The zero-order valence-corrected chi connectivity index (χ0v) is 14.8. The van der Waals surface area contributed by atoms with E-state index < -0.39 is 5.54 Å². The van der Waals surface area contributed by atoms with Crippen molar-refractivity contribution in [2.75, 3.05) is 45.8 Å². The molecule has 0 atom stereocenters. The normalized spacial score (nSPS) is 20.4. The Balaban J connectivity index is 0.00000264. The molecule has 8 heteroatoms. The van der Waals surface area contributed by atoms with Crippen molar-refractivity contribution >= 4 is 24.3 Å². The number of nitrogens with one attached hydrogen (secondary N) is 4. The molecule has 2 rings (SSSR count). The quantitative estimate of drug-likeness (QED) is 0.547. The minimum absolute atomic E-state index is 0. The van der Waals surface area contributed by atoms with E-state index in [1.165, 1.54) is 0 Å². The van der Waals surface area contributed by atoms with Gasteiger partial charge < -0.3 is 21.3 Å². The van der Waals surface area contributed by atoms with E-state index in [2.05, 4.69) is 26.2 Å². The van der Waals surface area contributed by atoms with Crippen LogP contribution in [-0.2, 0) is 4.79 Å². The van der Waals surface area contributed by atoms with Crippen LogP contribution in [0.5, 0.6) is 0 Å². The van der Waals surface area contributed by atoms with Crippen molar-refractivity contribution in [1.82, 2.24) is 26.2 Å². The van der Waals surface area contributed by atoms with Crippen LogP contribution in [-0.4, -0.2) is 68.2 Å². The first kappa shape index (κ1) is 20.0. The van der Waals surface area contributed by atoms with Crippen molar-refractivity contribution in [3.63, 3.8) is 0 Å². The number of carbonyl (C=O) groups excluding carboxylic acids is 2. The number of urea groups is 1. The Kier molecular flexibility index (Phi) is 8.65. The SMILES string of the molecule is CCNC(=O)NC1(C(=O)NCCN2CCNCC2)CCCC1.Cl. The van der Waals surface area contributed by atoms with Crippen LogP contribution in [0, 0.1) is 0 Å². The Morgan fingerprint density at radius 3 is 2.39 bits per heavy atom. The van der Waals surface area contributed by atoms with Gasteiger partial charge in [0.15, 0.2) is 0 Å². The molecule has 0 aromatic heterocycles. The molecule has 4 N–H and O–H groups in total. The summed E-state index contributed by atoms with van der Waals surface area (Å²) in [5.74, 6) is -0.0358. The van der Waals surface area contributed by atoms with Crippen LogP contribution < -0.4 is 21.3 Å². The van der Waals surface area contributed by atoms with Crippen molar-refractivity contribution in [2.24, 2.45) is 0 Å². The summed E-state index contributed by atoms with van der Waals surface area (Å²) in [5.41, 5.74) is -0.720. The minimum Gasteiger partial charge on any atom is -0.353 e. The van der Waals surface area contributed by atoms with E-state index in [1.54, 1.807) is 0 Å². The van der Waals surface area contributed by atoms with Crippen LogP contribution >= 0.6 is 12.4 Å². The molecule has 1 aliphatic heterocycles. The van der Waals surface area contributed by atoms with Gasteiger partial charge >= 0.3 is 6.03 Å². The van der Waals surface area contributed by atoms with Crippen LogP contribution in [0.2, 0.25) is 0 Å². The predicted octanol–water partition coefficient (Wildman–Crippen LogP) is 0.0615. The molecule has 1 saturated carbocycles. The molecule has 0 aromatic rings. The fourth-order valence-corrected chi connectivity index (χ4v) is 3.24. The molecule has 0 aromatic carbocycles. The maximum absolute atomic E-state index is 12.6. The highest BCUT2D eigenvalue weighted by atomic mass is 35.5. The summed E-state index contributed by atoms with van der Waals surface area (Å²) in [4.78, 5) is 26.7. The minimum atomic E-state index is -0.720. The van der Waals surface area contributed by atoms with E-state index >= 15 is 0 Å². The van der Waals surface area contributed by atoms with Crippen LogP contribution in [0.1, 0.15) is 32.6 Å². The number of hydrogen-bond acceptors (Lipinski definition) is 4. The van der Waals surface area contributed by atoms with Crippen molar-refractivity contribution in [3.8, 4) is 0 Å². The molecular weight excluding hydrogens is 318 g/mol. The summed E-state index contributed by atoms with van der Waals surface area (Å²) >= 11 is 0. The smallest absolute Gasteiger partial charge is 0.315 e. The topological polar surface area (TPSA) is 85.5 Å². The van der Waals surface area contributed by atoms with E-state index in [1.807, 2.05) is 6.92 Å². The number of piperazine rings is 1. The van der Waals surface area contributed by atoms with E-state index in [-0.39, 0.29) is 24.3 Å². The van der Waals surface area contributed by atoms with E-state index in [0.717, 1.165) is 58.4 Å². The highest BCUT2D eigenvalue weighted by molar-refractivity contribution is 5.91. The lowest BCUT2D eigenvalue weighted by molar-refractivity contribution is -0.127. The molecule has 3 amide bonds. The standard InChI is InChI=1S/C15H29N5O2.ClH/c1-2-17-14(22)19-15(5-3-4-6-15)13(21)18-9-12-20-10-7-16-8-11-20;/h16H,2-12H2,1H3,(H,18,21)(H2,17,19,22);1H. The lowest BCUT2D eigenvalue weighted by atomic mass is 9.96. The number of halogens is 1. The highest BCUT2D eigenvalue weighted by Crippen LogP contribution is 2.29. The zero-order chi connectivity index (χ0) is 15.8. The third-order valence-corrected chi connectivity index (χ3v) is 4.51. The second-order valence-electron chi connectivity index (χ2n) is 6.12. The summed E-state index contributed by atoms with van der Waals surface area (Å²) < 4.78 is 0. The van der Waals surface area contributed by atoms with Gasteiger partial charge in [-0.15, -0.1) is 12.4 Å². The average molecular weight is 348 g/mol. The van der Waals surface area contributed by atoms with Crippen molar-refractivity contribution in [1.29, 1.82) is 0 Å². The molecule has 0 bridgehead atoms. The molecule has 2 fully saturated rings. The molecule has 0 unspecified atom stereocenters. The first-order valence-electron chi connectivity index (χ1n) is 8.44. The van der Waals surface area contributed by atoms with E-state index in [4.69, 9.17) is 0 Å². The largest absolute Gasteiger partial charge is 0.353 e. The highest BCUT2D eigenvalue weighted by Gasteiger charge is 2.42. The third-order valence-electron chi connectivity index (χ3n) is 4.51. The van der Waals surface area contributed by atoms with Gasteiger partial charge in [-0.2, -0.15) is 0 Å². The third kappa shape index (κ3) is 5.82. The summed E-state index contributed by atoms with van der Waals surface area (Å²) in [7, 11) is 0. The second-order valence-corrected chi connectivity index (χ2v) is 6.12. The molecule has 1 saturated heterocycles. The average Bonchev–Trinajstić information content (AvgIpc) is 2.98. The zero-order valence-electron chi connectivity index (χ0n) is 14.0. The maximum atomic E-state index is 12.6. The summed E-state index contributed by atoms with van der Waals surface area (Å²) in [5, 5.41) is 11.9. The van der Waals surface area contributed by atoms with E-state index in [9.17, 15) is 9.59 Å². The fraction of sp³-hybridized carbons (Fsp3) is 0.867. The summed E-state index contributed by atoms with van der Waals surface area (Å²) in [6.45, 7) is 8.01. The number of nitrogens with zero attached hydrogens (tertiary/aromatic N) is 1. The fourth-order valence-electron chi connectivity index (χ4n) is 3.24. The van der Waals surface area contributed by atoms with Gasteiger partial charge in [0.05, 0.1) is 0 Å². The van der Waals surface area contributed by atoms with Gasteiger partial charge in [0, 0.05) is 45.8 Å². The number of rotatable bonds is 6. The van der Waals surface area contributed by atoms with Gasteiger partial charge in [-0.1, -0.05) is 12.8 Å². The lowest BCUT2D eigenvalue weighted by Gasteiger charge is -2.30. The Bertz CT molecular complexity index is 382. The molecular formula is C15H30ClN5O2. The van der Waals surface area contributed by atoms with Gasteiger partial charge in [-0.3, -0.25) is 9.69 Å². The molecule has 7 nitrogen and oxygen atoms in total. The first-order chi connectivity index (χ1) is 10.7. The number of carbonyl (C=O) groups is 2. The molecule has 23 heavy (non-hydrogen) atoms. The Morgan fingerprint density at radius 1 is 1.13 bits per heavy atom. The van der Waals surface area contributed by atoms with Crippen molar-refractivity contribution < 1.29 is 9.59 Å². The first-order valence-corrected chi connectivity index (χ1v) is 8.44. The van der Waals surface area contributed by atoms with Gasteiger partial charge in [-0.25, -0.2) is 4.79 Å². The molecule has 1 heterocycles. The van der Waals surface area contributed by atoms with Crippen LogP contribution in [0.15, 0.2) is 0 Å². The van der Waals surface area contributed by atoms with Gasteiger partial charge in [0.1, 0.15) is 5.54 Å². The monoisotopic (exact) mass is 347 g/mol. The van der Waals surface area contributed by atoms with Crippen LogP contribution in [0.25, 0.3) is 0 Å². The Labute approximate surface area is 144 Å². The van der Waals surface area contributed by atoms with Crippen molar-refractivity contribution in [3.05, 3.63) is 0 Å². The maximum Gasteiger partial charge on any atom is 0.315 e. The van der Waals surface area contributed by atoms with Crippen molar-refractivity contribution in [2.45, 2.75) is 38.1 Å². The second kappa shape index (κ2) is 9.95.